The van der Waals surface area contributed by atoms with Crippen LogP contribution < -0.4 is 0 Å². The quantitative estimate of drug-likeness (QED) is 0.816. The molecule has 1 N–H and O–H groups in total. The van der Waals surface area contributed by atoms with Crippen LogP contribution in [0.3, 0.4) is 0 Å². The van der Waals surface area contributed by atoms with E-state index >= 15 is 0 Å². The Balaban J connectivity index is 1.70. The monoisotopic (exact) mass is 255 g/mol. The Labute approximate surface area is 109 Å². The zero-order valence-corrected chi connectivity index (χ0v) is 11.3. The second-order valence-corrected chi connectivity index (χ2v) is 5.78. The highest BCUT2D eigenvalue weighted by atomic mass is 16.5. The molecule has 18 heavy (non-hydrogen) atoms. The van der Waals surface area contributed by atoms with Crippen LogP contribution in [-0.4, -0.2) is 48.3 Å². The lowest BCUT2D eigenvalue weighted by molar-refractivity contribution is -0.137. The van der Waals surface area contributed by atoms with E-state index in [2.05, 4.69) is 11.8 Å². The number of carboxylic acid groups (broad SMARTS) is 1. The maximum Gasteiger partial charge on any atom is 0.303 e. The van der Waals surface area contributed by atoms with Crippen LogP contribution >= 0.6 is 0 Å². The first kappa shape index (κ1) is 13.8. The molecule has 0 spiro atoms. The molecule has 2 heterocycles. The molecule has 104 valence electrons. The Morgan fingerprint density at radius 2 is 2.11 bits per heavy atom. The Hall–Kier alpha value is -0.610. The number of rotatable bonds is 5. The molecule has 0 bridgehead atoms. The van der Waals surface area contributed by atoms with Crippen molar-refractivity contribution in [3.63, 3.8) is 0 Å². The van der Waals surface area contributed by atoms with Gasteiger partial charge in [0.1, 0.15) is 0 Å². The number of hydrogen-bond acceptors (Lipinski definition) is 3. The van der Waals surface area contributed by atoms with Crippen molar-refractivity contribution in [2.24, 2.45) is 11.8 Å². The summed E-state index contributed by atoms with van der Waals surface area (Å²) in [5.74, 6) is 0.652. The molecule has 0 amide bonds. The third-order valence-electron chi connectivity index (χ3n) is 4.64. The number of carbonyl (C=O) groups is 1. The van der Waals surface area contributed by atoms with Gasteiger partial charge in [-0.05, 0) is 57.5 Å². The van der Waals surface area contributed by atoms with Crippen molar-refractivity contribution in [3.8, 4) is 0 Å². The number of carboxylic acids is 1. The van der Waals surface area contributed by atoms with Crippen molar-refractivity contribution in [3.05, 3.63) is 0 Å². The van der Waals surface area contributed by atoms with Gasteiger partial charge in [0.15, 0.2) is 0 Å². The predicted octanol–water partition coefficient (Wildman–Crippen LogP) is 1.99. The van der Waals surface area contributed by atoms with Crippen molar-refractivity contribution in [2.45, 2.75) is 45.1 Å². The molecule has 2 unspecified atom stereocenters. The summed E-state index contributed by atoms with van der Waals surface area (Å²) < 4.78 is 5.46. The third kappa shape index (κ3) is 3.69. The number of likely N-dealkylation sites (tertiary alicyclic amines) is 1. The van der Waals surface area contributed by atoms with Crippen LogP contribution in [0, 0.1) is 11.8 Å². The average molecular weight is 255 g/mol. The van der Waals surface area contributed by atoms with Crippen LogP contribution in [0.2, 0.25) is 0 Å². The van der Waals surface area contributed by atoms with Crippen molar-refractivity contribution < 1.29 is 14.6 Å². The molecule has 2 atom stereocenters. The Morgan fingerprint density at radius 3 is 2.67 bits per heavy atom. The molecule has 2 aliphatic heterocycles. The standard InChI is InChI=1S/C14H25NO3/c1-11(13-6-9-18-10-13)15-7-4-12(5-8-15)2-3-14(16)17/h11-13H,2-10H2,1H3,(H,16,17). The Kier molecular flexibility index (Phi) is 5.01. The van der Waals surface area contributed by atoms with Gasteiger partial charge in [-0.2, -0.15) is 0 Å². The molecule has 2 rings (SSSR count). The molecular formula is C14H25NO3. The van der Waals surface area contributed by atoms with Gasteiger partial charge in [0, 0.05) is 19.1 Å². The first-order valence-corrected chi connectivity index (χ1v) is 7.20. The van der Waals surface area contributed by atoms with Crippen LogP contribution in [-0.2, 0) is 9.53 Å². The second-order valence-electron chi connectivity index (χ2n) is 5.78. The van der Waals surface area contributed by atoms with Crippen LogP contribution in [0.4, 0.5) is 0 Å². The van der Waals surface area contributed by atoms with E-state index in [1.165, 1.54) is 6.42 Å². The maximum atomic E-state index is 10.6. The summed E-state index contributed by atoms with van der Waals surface area (Å²) in [5, 5.41) is 8.70. The minimum absolute atomic E-state index is 0.330. The molecule has 0 aromatic heterocycles. The maximum absolute atomic E-state index is 10.6. The Morgan fingerprint density at radius 1 is 1.39 bits per heavy atom. The summed E-state index contributed by atoms with van der Waals surface area (Å²) in [6.07, 6.45) is 4.69. The van der Waals surface area contributed by atoms with Crippen molar-refractivity contribution in [1.82, 2.24) is 4.90 Å². The van der Waals surface area contributed by atoms with Gasteiger partial charge in [0.25, 0.3) is 0 Å². The molecule has 0 aromatic carbocycles. The van der Waals surface area contributed by atoms with E-state index in [0.717, 1.165) is 45.6 Å². The number of piperidine rings is 1. The van der Waals surface area contributed by atoms with E-state index in [-0.39, 0.29) is 0 Å². The van der Waals surface area contributed by atoms with E-state index in [0.29, 0.717) is 24.3 Å². The molecule has 2 saturated heterocycles. The lowest BCUT2D eigenvalue weighted by Gasteiger charge is -2.38. The van der Waals surface area contributed by atoms with Crippen LogP contribution in [0.5, 0.6) is 0 Å². The zero-order chi connectivity index (χ0) is 13.0. The molecule has 0 saturated carbocycles. The molecule has 0 radical (unpaired) electrons. The molecule has 4 heteroatoms. The van der Waals surface area contributed by atoms with Gasteiger partial charge in [-0.25, -0.2) is 0 Å². The largest absolute Gasteiger partial charge is 0.481 e. The summed E-state index contributed by atoms with van der Waals surface area (Å²) in [7, 11) is 0. The molecule has 0 aromatic rings. The number of hydrogen-bond donors (Lipinski definition) is 1. The SMILES string of the molecule is CC(C1CCOC1)N1CCC(CCC(=O)O)CC1. The van der Waals surface area contributed by atoms with Crippen LogP contribution in [0.1, 0.15) is 39.0 Å². The predicted molar refractivity (Wildman–Crippen MR) is 69.6 cm³/mol. The second kappa shape index (κ2) is 6.53. The van der Waals surface area contributed by atoms with E-state index in [4.69, 9.17) is 9.84 Å². The highest BCUT2D eigenvalue weighted by Crippen LogP contribution is 2.27. The van der Waals surface area contributed by atoms with E-state index in [9.17, 15) is 4.79 Å². The summed E-state index contributed by atoms with van der Waals surface area (Å²) in [5.41, 5.74) is 0. The van der Waals surface area contributed by atoms with Gasteiger partial charge >= 0.3 is 5.97 Å². The lowest BCUT2D eigenvalue weighted by atomic mass is 9.89. The highest BCUT2D eigenvalue weighted by molar-refractivity contribution is 5.66. The molecule has 4 nitrogen and oxygen atoms in total. The molecule has 0 aliphatic carbocycles. The fourth-order valence-corrected chi connectivity index (χ4v) is 3.21. The van der Waals surface area contributed by atoms with Crippen molar-refractivity contribution >= 4 is 5.97 Å². The van der Waals surface area contributed by atoms with E-state index in [1.807, 2.05) is 0 Å². The van der Waals surface area contributed by atoms with Gasteiger partial charge in [-0.3, -0.25) is 4.79 Å². The normalized spacial score (nSPS) is 28.4. The summed E-state index contributed by atoms with van der Waals surface area (Å²) >= 11 is 0. The van der Waals surface area contributed by atoms with Gasteiger partial charge in [-0.15, -0.1) is 0 Å². The number of nitrogens with zero attached hydrogens (tertiary/aromatic N) is 1. The highest BCUT2D eigenvalue weighted by Gasteiger charge is 2.29. The minimum atomic E-state index is -0.658. The fourth-order valence-electron chi connectivity index (χ4n) is 3.21. The first-order valence-electron chi connectivity index (χ1n) is 7.20. The zero-order valence-electron chi connectivity index (χ0n) is 11.3. The fraction of sp³-hybridized carbons (Fsp3) is 0.929. The summed E-state index contributed by atoms with van der Waals surface area (Å²) in [6.45, 7) is 6.41. The van der Waals surface area contributed by atoms with Crippen molar-refractivity contribution in [2.75, 3.05) is 26.3 Å². The van der Waals surface area contributed by atoms with Crippen LogP contribution in [0.25, 0.3) is 0 Å². The van der Waals surface area contributed by atoms with E-state index in [1.54, 1.807) is 0 Å². The van der Waals surface area contributed by atoms with Crippen LogP contribution in [0.15, 0.2) is 0 Å². The molecule has 2 aliphatic rings. The minimum Gasteiger partial charge on any atom is -0.481 e. The van der Waals surface area contributed by atoms with Gasteiger partial charge in [0.05, 0.1) is 6.61 Å². The number of aliphatic carboxylic acids is 1. The van der Waals surface area contributed by atoms with Gasteiger partial charge in [-0.1, -0.05) is 0 Å². The van der Waals surface area contributed by atoms with E-state index < -0.39 is 5.97 Å². The molecular weight excluding hydrogens is 230 g/mol. The van der Waals surface area contributed by atoms with Crippen molar-refractivity contribution in [1.29, 1.82) is 0 Å². The smallest absolute Gasteiger partial charge is 0.303 e. The van der Waals surface area contributed by atoms with Gasteiger partial charge in [0.2, 0.25) is 0 Å². The number of ether oxygens (including phenoxy) is 1. The van der Waals surface area contributed by atoms with Gasteiger partial charge < -0.3 is 14.7 Å². The molecule has 2 fully saturated rings. The average Bonchev–Trinajstić information content (AvgIpc) is 2.90. The topological polar surface area (TPSA) is 49.8 Å². The summed E-state index contributed by atoms with van der Waals surface area (Å²) in [4.78, 5) is 13.1. The first-order chi connectivity index (χ1) is 8.66. The third-order valence-corrected chi connectivity index (χ3v) is 4.64. The summed E-state index contributed by atoms with van der Waals surface area (Å²) in [6, 6.07) is 0.618. The lowest BCUT2D eigenvalue weighted by Crippen LogP contribution is -2.43. The Bertz CT molecular complexity index is 268.